The molecular formula is C14H17BrN4O3S2. The molecule has 1 saturated heterocycles. The maximum Gasteiger partial charge on any atom is 0.252 e. The van der Waals surface area contributed by atoms with Gasteiger partial charge in [-0.1, -0.05) is 0 Å². The Morgan fingerprint density at radius 1 is 1.29 bits per heavy atom. The number of halogens is 1. The van der Waals surface area contributed by atoms with E-state index in [1.807, 2.05) is 25.1 Å². The van der Waals surface area contributed by atoms with Crippen molar-refractivity contribution in [2.45, 2.75) is 16.7 Å². The summed E-state index contributed by atoms with van der Waals surface area (Å²) in [5.41, 5.74) is 0. The van der Waals surface area contributed by atoms with Crippen LogP contribution in [0.5, 0.6) is 5.88 Å². The molecule has 0 spiro atoms. The van der Waals surface area contributed by atoms with Crippen molar-refractivity contribution < 1.29 is 13.2 Å². The normalized spacial score (nSPS) is 18.7. The zero-order valence-electron chi connectivity index (χ0n) is 13.2. The Kier molecular flexibility index (Phi) is 5.09. The number of hydrogen-bond acceptors (Lipinski definition) is 7. The largest absolute Gasteiger partial charge is 0.472 e. The highest BCUT2D eigenvalue weighted by Crippen LogP contribution is 2.30. The van der Waals surface area contributed by atoms with Gasteiger partial charge in [-0.3, -0.25) is 0 Å². The van der Waals surface area contributed by atoms with Gasteiger partial charge in [0.25, 0.3) is 10.0 Å². The molecule has 10 heteroatoms. The van der Waals surface area contributed by atoms with Crippen molar-refractivity contribution in [3.05, 3.63) is 28.1 Å². The Balaban J connectivity index is 1.65. The molecule has 130 valence electrons. The number of rotatable bonds is 5. The number of nitrogens with zero attached hydrogens (tertiary/aromatic N) is 4. The molecule has 1 aliphatic heterocycles. The van der Waals surface area contributed by atoms with E-state index in [0.29, 0.717) is 29.6 Å². The van der Waals surface area contributed by atoms with Gasteiger partial charge < -0.3 is 9.64 Å². The number of ether oxygens (including phenoxy) is 1. The first-order chi connectivity index (χ1) is 11.4. The molecule has 1 unspecified atom stereocenters. The molecule has 7 nitrogen and oxygen atoms in total. The molecule has 2 aromatic heterocycles. The van der Waals surface area contributed by atoms with Crippen molar-refractivity contribution in [3.8, 4) is 5.88 Å². The highest BCUT2D eigenvalue weighted by Gasteiger charge is 2.34. The lowest BCUT2D eigenvalue weighted by Crippen LogP contribution is -2.30. The third-order valence-corrected chi connectivity index (χ3v) is 7.58. The van der Waals surface area contributed by atoms with E-state index in [-0.39, 0.29) is 6.10 Å². The summed E-state index contributed by atoms with van der Waals surface area (Å²) in [5.74, 6) is 1.14. The SMILES string of the molecule is CN(C)c1ccc(OC2CCN(S(=O)(=O)c3ccc(Br)s3)C2)nn1. The average Bonchev–Trinajstić information content (AvgIpc) is 3.17. The van der Waals surface area contributed by atoms with Gasteiger partial charge in [0.15, 0.2) is 5.82 Å². The van der Waals surface area contributed by atoms with Crippen LogP contribution in [0.25, 0.3) is 0 Å². The lowest BCUT2D eigenvalue weighted by Gasteiger charge is -2.16. The number of hydrogen-bond donors (Lipinski definition) is 0. The molecule has 24 heavy (non-hydrogen) atoms. The van der Waals surface area contributed by atoms with Crippen LogP contribution in [0.2, 0.25) is 0 Å². The first kappa shape index (κ1) is 17.6. The maximum atomic E-state index is 12.6. The van der Waals surface area contributed by atoms with Crippen molar-refractivity contribution in [2.24, 2.45) is 0 Å². The molecule has 0 saturated carbocycles. The van der Waals surface area contributed by atoms with Crippen molar-refractivity contribution in [1.29, 1.82) is 0 Å². The third-order valence-electron chi connectivity index (χ3n) is 3.62. The number of anilines is 1. The monoisotopic (exact) mass is 432 g/mol. The molecule has 0 aromatic carbocycles. The van der Waals surface area contributed by atoms with Crippen molar-refractivity contribution in [1.82, 2.24) is 14.5 Å². The molecule has 1 atom stereocenters. The van der Waals surface area contributed by atoms with E-state index in [1.54, 1.807) is 18.2 Å². The minimum absolute atomic E-state index is 0.220. The maximum absolute atomic E-state index is 12.6. The summed E-state index contributed by atoms with van der Waals surface area (Å²) in [6.45, 7) is 0.751. The summed E-state index contributed by atoms with van der Waals surface area (Å²) in [6, 6.07) is 6.91. The molecule has 0 aliphatic carbocycles. The van der Waals surface area contributed by atoms with Crippen LogP contribution in [0.3, 0.4) is 0 Å². The van der Waals surface area contributed by atoms with E-state index in [9.17, 15) is 8.42 Å². The van der Waals surface area contributed by atoms with Crippen LogP contribution in [0.15, 0.2) is 32.3 Å². The van der Waals surface area contributed by atoms with Gasteiger partial charge in [0.05, 0.1) is 10.3 Å². The smallest absolute Gasteiger partial charge is 0.252 e. The Bertz CT molecular complexity index is 808. The zero-order valence-corrected chi connectivity index (χ0v) is 16.4. The quantitative estimate of drug-likeness (QED) is 0.720. The van der Waals surface area contributed by atoms with E-state index in [4.69, 9.17) is 4.74 Å². The van der Waals surface area contributed by atoms with Crippen LogP contribution in [0.4, 0.5) is 5.82 Å². The molecule has 1 fully saturated rings. The summed E-state index contributed by atoms with van der Waals surface area (Å²) >= 11 is 4.51. The summed E-state index contributed by atoms with van der Waals surface area (Å²) in [7, 11) is 0.302. The topological polar surface area (TPSA) is 75.6 Å². The van der Waals surface area contributed by atoms with Crippen LogP contribution < -0.4 is 9.64 Å². The molecule has 1 aliphatic rings. The van der Waals surface area contributed by atoms with Crippen LogP contribution in [-0.4, -0.2) is 56.2 Å². The fourth-order valence-electron chi connectivity index (χ4n) is 2.36. The minimum Gasteiger partial charge on any atom is -0.472 e. The standard InChI is InChI=1S/C14H17BrN4O3S2/c1-18(2)12-4-5-13(17-16-12)22-10-7-8-19(9-10)24(20,21)14-6-3-11(15)23-14/h3-6,10H,7-9H2,1-2H3. The summed E-state index contributed by atoms with van der Waals surface area (Å²) in [5, 5.41) is 8.08. The molecule has 0 amide bonds. The van der Waals surface area contributed by atoms with Crippen LogP contribution in [-0.2, 0) is 10.0 Å². The number of sulfonamides is 1. The van der Waals surface area contributed by atoms with Gasteiger partial charge in [-0.15, -0.1) is 21.5 Å². The summed E-state index contributed by atoms with van der Waals surface area (Å²) in [4.78, 5) is 1.85. The van der Waals surface area contributed by atoms with Gasteiger partial charge in [-0.05, 0) is 40.5 Å². The first-order valence-electron chi connectivity index (χ1n) is 7.29. The van der Waals surface area contributed by atoms with Crippen LogP contribution in [0.1, 0.15) is 6.42 Å². The molecule has 0 N–H and O–H groups in total. The lowest BCUT2D eigenvalue weighted by molar-refractivity contribution is 0.205. The van der Waals surface area contributed by atoms with Gasteiger partial charge in [0.2, 0.25) is 5.88 Å². The van der Waals surface area contributed by atoms with Crippen LogP contribution >= 0.6 is 27.3 Å². The van der Waals surface area contributed by atoms with E-state index in [0.717, 1.165) is 9.60 Å². The second kappa shape index (κ2) is 6.95. The second-order valence-corrected chi connectivity index (χ2v) is 10.2. The molecule has 0 bridgehead atoms. The molecular weight excluding hydrogens is 416 g/mol. The van der Waals surface area contributed by atoms with E-state index in [1.165, 1.54) is 15.6 Å². The Morgan fingerprint density at radius 3 is 2.67 bits per heavy atom. The molecule has 3 heterocycles. The van der Waals surface area contributed by atoms with Gasteiger partial charge in [0, 0.05) is 26.7 Å². The number of thiophene rings is 1. The Labute approximate surface area is 153 Å². The Hall–Kier alpha value is -1.23. The molecule has 2 aromatic rings. The van der Waals surface area contributed by atoms with E-state index in [2.05, 4.69) is 26.1 Å². The van der Waals surface area contributed by atoms with Crippen molar-refractivity contribution in [2.75, 3.05) is 32.1 Å². The fraction of sp³-hybridized carbons (Fsp3) is 0.429. The van der Waals surface area contributed by atoms with Crippen LogP contribution in [0, 0.1) is 0 Å². The lowest BCUT2D eigenvalue weighted by atomic mass is 10.3. The van der Waals surface area contributed by atoms with Crippen molar-refractivity contribution in [3.63, 3.8) is 0 Å². The first-order valence-corrected chi connectivity index (χ1v) is 10.3. The fourth-order valence-corrected chi connectivity index (χ4v) is 6.01. The molecule has 0 radical (unpaired) electrons. The highest BCUT2D eigenvalue weighted by molar-refractivity contribution is 9.11. The van der Waals surface area contributed by atoms with Gasteiger partial charge >= 0.3 is 0 Å². The molecule has 3 rings (SSSR count). The predicted octanol–water partition coefficient (Wildman–Crippen LogP) is 2.21. The van der Waals surface area contributed by atoms with E-state index >= 15 is 0 Å². The highest BCUT2D eigenvalue weighted by atomic mass is 79.9. The predicted molar refractivity (Wildman–Crippen MR) is 96.2 cm³/mol. The second-order valence-electron chi connectivity index (χ2n) is 5.57. The zero-order chi connectivity index (χ0) is 17.3. The van der Waals surface area contributed by atoms with Gasteiger partial charge in [-0.25, -0.2) is 8.42 Å². The Morgan fingerprint density at radius 2 is 2.08 bits per heavy atom. The summed E-state index contributed by atoms with van der Waals surface area (Å²) < 4.78 is 33.5. The van der Waals surface area contributed by atoms with Gasteiger partial charge in [-0.2, -0.15) is 4.31 Å². The van der Waals surface area contributed by atoms with Crippen molar-refractivity contribution >= 4 is 43.1 Å². The summed E-state index contributed by atoms with van der Waals surface area (Å²) in [6.07, 6.45) is 0.408. The number of aromatic nitrogens is 2. The minimum atomic E-state index is -3.46. The van der Waals surface area contributed by atoms with Gasteiger partial charge in [0.1, 0.15) is 10.3 Å². The third kappa shape index (κ3) is 3.71. The average molecular weight is 433 g/mol. The van der Waals surface area contributed by atoms with E-state index < -0.39 is 10.0 Å².